The summed E-state index contributed by atoms with van der Waals surface area (Å²) in [6.45, 7) is 2.93. The fraction of sp³-hybridized carbons (Fsp3) is 0.462. The molecule has 0 amide bonds. The fourth-order valence-corrected chi connectivity index (χ4v) is 6.12. The Morgan fingerprint density at radius 1 is 1.13 bits per heavy atom. The molecular weight excluding hydrogens is 372 g/mol. The lowest BCUT2D eigenvalue weighted by molar-refractivity contribution is -0.103. The van der Waals surface area contributed by atoms with Gasteiger partial charge in [-0.05, 0) is 61.1 Å². The zero-order valence-electron chi connectivity index (χ0n) is 17.7. The van der Waals surface area contributed by atoms with Gasteiger partial charge < -0.3 is 19.7 Å². The molecule has 156 valence electrons. The van der Waals surface area contributed by atoms with Crippen molar-refractivity contribution in [2.45, 2.75) is 43.1 Å². The second-order valence-electron chi connectivity index (χ2n) is 9.76. The second-order valence-corrected chi connectivity index (χ2v) is 9.76. The Hall–Kier alpha value is -2.30. The minimum atomic E-state index is -0.787. The molecule has 2 aromatic carbocycles. The van der Waals surface area contributed by atoms with E-state index in [9.17, 15) is 5.11 Å². The third-order valence-electron chi connectivity index (χ3n) is 7.92. The Kier molecular flexibility index (Phi) is 4.06. The molecule has 0 radical (unpaired) electrons. The number of aromatic amines is 1. The number of methoxy groups -OCH3 is 1. The van der Waals surface area contributed by atoms with Gasteiger partial charge in [0.05, 0.1) is 12.7 Å². The number of para-hydroxylation sites is 1. The van der Waals surface area contributed by atoms with Crippen LogP contribution in [-0.4, -0.2) is 47.3 Å². The molecule has 1 aliphatic heterocycles. The topological polar surface area (TPSA) is 48.5 Å². The number of benzene rings is 2. The molecule has 4 nitrogen and oxygen atoms in total. The van der Waals surface area contributed by atoms with Gasteiger partial charge in [0.15, 0.2) is 0 Å². The molecule has 4 heteroatoms. The number of H-pyrrole nitrogens is 1. The largest absolute Gasteiger partial charge is 0.497 e. The number of rotatable bonds is 4. The third-order valence-corrected chi connectivity index (χ3v) is 7.92. The monoisotopic (exact) mass is 402 g/mol. The van der Waals surface area contributed by atoms with E-state index in [-0.39, 0.29) is 5.41 Å². The molecular formula is C26H30N2O2. The van der Waals surface area contributed by atoms with Crippen LogP contribution < -0.4 is 4.74 Å². The van der Waals surface area contributed by atoms with Gasteiger partial charge in [0, 0.05) is 47.9 Å². The van der Waals surface area contributed by atoms with Gasteiger partial charge in [-0.15, -0.1) is 0 Å². The summed E-state index contributed by atoms with van der Waals surface area (Å²) >= 11 is 0. The Balaban J connectivity index is 1.49. The molecule has 2 heterocycles. The number of fused-ring (bicyclic) bond motifs is 4. The zero-order chi connectivity index (χ0) is 20.3. The minimum Gasteiger partial charge on any atom is -0.497 e. The Morgan fingerprint density at radius 3 is 2.83 bits per heavy atom. The van der Waals surface area contributed by atoms with E-state index in [4.69, 9.17) is 4.74 Å². The van der Waals surface area contributed by atoms with Gasteiger partial charge in [-0.25, -0.2) is 0 Å². The lowest BCUT2D eigenvalue weighted by Crippen LogP contribution is -2.66. The van der Waals surface area contributed by atoms with Crippen molar-refractivity contribution in [1.29, 1.82) is 0 Å². The molecule has 2 unspecified atom stereocenters. The highest BCUT2D eigenvalue weighted by Crippen LogP contribution is 2.52. The van der Waals surface area contributed by atoms with Crippen LogP contribution in [0.1, 0.15) is 36.1 Å². The highest BCUT2D eigenvalue weighted by molar-refractivity contribution is 5.85. The van der Waals surface area contributed by atoms with Crippen LogP contribution in [0.25, 0.3) is 10.9 Å². The summed E-state index contributed by atoms with van der Waals surface area (Å²) in [6, 6.07) is 16.9. The maximum atomic E-state index is 12.4. The number of piperidine rings is 1. The van der Waals surface area contributed by atoms with Crippen molar-refractivity contribution in [3.05, 3.63) is 65.4 Å². The van der Waals surface area contributed by atoms with Crippen molar-refractivity contribution in [2.75, 3.05) is 26.7 Å². The van der Waals surface area contributed by atoms with Gasteiger partial charge in [0.2, 0.25) is 0 Å². The van der Waals surface area contributed by atoms with Crippen LogP contribution in [0.2, 0.25) is 0 Å². The van der Waals surface area contributed by atoms with E-state index < -0.39 is 5.60 Å². The summed E-state index contributed by atoms with van der Waals surface area (Å²) in [4.78, 5) is 6.21. The summed E-state index contributed by atoms with van der Waals surface area (Å²) < 4.78 is 5.55. The van der Waals surface area contributed by atoms with Crippen LogP contribution in [-0.2, 0) is 18.3 Å². The summed E-state index contributed by atoms with van der Waals surface area (Å²) in [5.74, 6) is 1.71. The molecule has 1 saturated heterocycles. The summed E-state index contributed by atoms with van der Waals surface area (Å²) in [5.41, 5.74) is 3.90. The number of nitrogens with one attached hydrogen (secondary N) is 1. The van der Waals surface area contributed by atoms with Gasteiger partial charge >= 0.3 is 0 Å². The predicted octanol–water partition coefficient (Wildman–Crippen LogP) is 4.06. The molecule has 6 rings (SSSR count). The highest BCUT2D eigenvalue weighted by Gasteiger charge is 2.57. The first-order valence-electron chi connectivity index (χ1n) is 11.3. The number of hydrogen-bond acceptors (Lipinski definition) is 3. The van der Waals surface area contributed by atoms with Gasteiger partial charge in [-0.2, -0.15) is 0 Å². The van der Waals surface area contributed by atoms with Crippen molar-refractivity contribution in [2.24, 2.45) is 5.92 Å². The van der Waals surface area contributed by atoms with Crippen LogP contribution in [0.3, 0.4) is 0 Å². The molecule has 1 saturated carbocycles. The summed E-state index contributed by atoms with van der Waals surface area (Å²) in [7, 11) is 1.72. The van der Waals surface area contributed by atoms with Crippen molar-refractivity contribution in [3.63, 3.8) is 0 Å². The predicted molar refractivity (Wildman–Crippen MR) is 119 cm³/mol. The van der Waals surface area contributed by atoms with Crippen molar-refractivity contribution in [1.82, 2.24) is 9.88 Å². The lowest BCUT2D eigenvalue weighted by Gasteiger charge is -2.56. The average molecular weight is 403 g/mol. The third kappa shape index (κ3) is 2.74. The van der Waals surface area contributed by atoms with E-state index in [1.165, 1.54) is 40.6 Å². The fourth-order valence-electron chi connectivity index (χ4n) is 6.12. The lowest BCUT2D eigenvalue weighted by atomic mass is 9.56. The van der Waals surface area contributed by atoms with Crippen molar-refractivity contribution in [3.8, 4) is 5.75 Å². The van der Waals surface area contributed by atoms with Gasteiger partial charge in [-0.3, -0.25) is 0 Å². The molecule has 1 aromatic heterocycles. The van der Waals surface area contributed by atoms with Crippen LogP contribution in [0.4, 0.5) is 0 Å². The van der Waals surface area contributed by atoms with Crippen molar-refractivity contribution < 1.29 is 9.84 Å². The zero-order valence-corrected chi connectivity index (χ0v) is 17.7. The number of nitrogens with zero attached hydrogens (tertiary/aromatic N) is 1. The molecule has 30 heavy (non-hydrogen) atoms. The van der Waals surface area contributed by atoms with E-state index in [0.29, 0.717) is 6.42 Å². The van der Waals surface area contributed by atoms with E-state index in [2.05, 4.69) is 52.3 Å². The Bertz CT molecular complexity index is 1100. The first-order chi connectivity index (χ1) is 14.6. The van der Waals surface area contributed by atoms with Gasteiger partial charge in [-0.1, -0.05) is 30.3 Å². The maximum Gasteiger partial charge on any atom is 0.119 e. The first kappa shape index (κ1) is 18.5. The van der Waals surface area contributed by atoms with Crippen molar-refractivity contribution >= 4 is 10.9 Å². The second kappa shape index (κ2) is 6.60. The van der Waals surface area contributed by atoms with Crippen LogP contribution >= 0.6 is 0 Å². The molecule has 3 aliphatic rings. The maximum absolute atomic E-state index is 12.4. The normalized spacial score (nSPS) is 28.9. The Morgan fingerprint density at radius 2 is 2.00 bits per heavy atom. The number of ether oxygens (including phenoxy) is 1. The van der Waals surface area contributed by atoms with E-state index in [0.717, 1.165) is 44.1 Å². The number of likely N-dealkylation sites (tertiary alicyclic amines) is 1. The standard InChI is InChI=1S/C26H30N2O2/c1-30-20-6-4-5-19(13-20)25-11-12-28(16-18-9-10-18)17-26(25,29)14-22-21-7-2-3-8-23(21)27-24(22)15-25/h2-8,13,18,27,29H,9-12,14-17H2,1H3. The summed E-state index contributed by atoms with van der Waals surface area (Å²) in [6.07, 6.45) is 5.21. The summed E-state index contributed by atoms with van der Waals surface area (Å²) in [5, 5.41) is 13.7. The first-order valence-corrected chi connectivity index (χ1v) is 11.3. The van der Waals surface area contributed by atoms with Crippen LogP contribution in [0.5, 0.6) is 5.75 Å². The van der Waals surface area contributed by atoms with E-state index >= 15 is 0 Å². The number of aliphatic hydroxyl groups is 1. The molecule has 2 aliphatic carbocycles. The minimum absolute atomic E-state index is 0.296. The van der Waals surface area contributed by atoms with Gasteiger partial charge in [0.25, 0.3) is 0 Å². The van der Waals surface area contributed by atoms with Gasteiger partial charge in [0.1, 0.15) is 5.75 Å². The SMILES string of the molecule is COc1cccc(C23CCN(CC4CC4)CC2(O)Cc2c([nH]c4ccccc24)C3)c1. The average Bonchev–Trinajstić information content (AvgIpc) is 3.51. The molecule has 0 bridgehead atoms. The van der Waals surface area contributed by atoms with Crippen LogP contribution in [0.15, 0.2) is 48.5 Å². The molecule has 0 spiro atoms. The quantitative estimate of drug-likeness (QED) is 0.692. The smallest absolute Gasteiger partial charge is 0.119 e. The Labute approximate surface area is 177 Å². The molecule has 2 atom stereocenters. The molecule has 3 aromatic rings. The molecule has 2 fully saturated rings. The van der Waals surface area contributed by atoms with Crippen LogP contribution in [0, 0.1) is 5.92 Å². The number of aromatic nitrogens is 1. The molecule has 2 N–H and O–H groups in total. The number of hydrogen-bond donors (Lipinski definition) is 2. The van der Waals surface area contributed by atoms with E-state index in [1.54, 1.807) is 7.11 Å². The number of β-amino-alcohol motifs (C(OH)–C–C–N with tert-alkyl or cyclic N) is 1. The highest BCUT2D eigenvalue weighted by atomic mass is 16.5. The van der Waals surface area contributed by atoms with E-state index in [1.807, 2.05) is 6.07 Å².